The molecule has 0 saturated carbocycles. The Morgan fingerprint density at radius 3 is 2.57 bits per heavy atom. The van der Waals surface area contributed by atoms with Crippen molar-refractivity contribution >= 4 is 5.91 Å². The van der Waals surface area contributed by atoms with Gasteiger partial charge >= 0.3 is 0 Å². The lowest BCUT2D eigenvalue weighted by molar-refractivity contribution is -0.133. The van der Waals surface area contributed by atoms with Gasteiger partial charge in [0, 0.05) is 6.54 Å². The summed E-state index contributed by atoms with van der Waals surface area (Å²) in [6.07, 6.45) is 3.04. The third kappa shape index (κ3) is 2.06. The van der Waals surface area contributed by atoms with Gasteiger partial charge in [0.1, 0.15) is 0 Å². The number of amides is 1. The summed E-state index contributed by atoms with van der Waals surface area (Å²) < 4.78 is 0. The molecule has 2 nitrogen and oxygen atoms in total. The van der Waals surface area contributed by atoms with Crippen molar-refractivity contribution in [2.24, 2.45) is 0 Å². The second-order valence-electron chi connectivity index (χ2n) is 6.06. The number of benzene rings is 2. The van der Waals surface area contributed by atoms with Crippen LogP contribution in [0.4, 0.5) is 0 Å². The molecule has 1 saturated heterocycles. The summed E-state index contributed by atoms with van der Waals surface area (Å²) in [7, 11) is 0. The highest BCUT2D eigenvalue weighted by Gasteiger charge is 2.38. The summed E-state index contributed by atoms with van der Waals surface area (Å²) in [5.74, 6) is 0.273. The molecule has 106 valence electrons. The van der Waals surface area contributed by atoms with Crippen LogP contribution in [0.2, 0.25) is 0 Å². The van der Waals surface area contributed by atoms with Gasteiger partial charge in [0.15, 0.2) is 0 Å². The van der Waals surface area contributed by atoms with Crippen LogP contribution in [-0.4, -0.2) is 17.4 Å². The van der Waals surface area contributed by atoms with E-state index in [1.807, 2.05) is 18.2 Å². The zero-order valence-electron chi connectivity index (χ0n) is 12.0. The lowest BCUT2D eigenvalue weighted by Crippen LogP contribution is -2.33. The molecule has 2 heteroatoms. The Hall–Kier alpha value is -2.09. The quantitative estimate of drug-likeness (QED) is 0.778. The van der Waals surface area contributed by atoms with E-state index in [-0.39, 0.29) is 5.92 Å². The van der Waals surface area contributed by atoms with Crippen LogP contribution in [0.5, 0.6) is 0 Å². The van der Waals surface area contributed by atoms with Crippen LogP contribution in [0.15, 0.2) is 54.6 Å². The van der Waals surface area contributed by atoms with Gasteiger partial charge in [0.25, 0.3) is 0 Å². The highest BCUT2D eigenvalue weighted by Crippen LogP contribution is 2.40. The Balaban J connectivity index is 1.82. The van der Waals surface area contributed by atoms with Crippen molar-refractivity contribution in [3.05, 3.63) is 71.3 Å². The first kappa shape index (κ1) is 12.6. The average molecular weight is 277 g/mol. The van der Waals surface area contributed by atoms with Crippen LogP contribution in [-0.2, 0) is 11.2 Å². The van der Waals surface area contributed by atoms with Gasteiger partial charge in [-0.1, -0.05) is 54.6 Å². The van der Waals surface area contributed by atoms with Crippen molar-refractivity contribution in [3.8, 4) is 0 Å². The number of hydrogen-bond acceptors (Lipinski definition) is 1. The van der Waals surface area contributed by atoms with E-state index >= 15 is 0 Å². The van der Waals surface area contributed by atoms with Crippen molar-refractivity contribution in [2.45, 2.75) is 31.2 Å². The van der Waals surface area contributed by atoms with E-state index in [0.29, 0.717) is 11.9 Å². The fourth-order valence-electron chi connectivity index (χ4n) is 3.85. The fourth-order valence-corrected chi connectivity index (χ4v) is 3.85. The number of rotatable bonds is 1. The molecular weight excluding hydrogens is 258 g/mol. The minimum atomic E-state index is -0.0320. The number of hydrogen-bond donors (Lipinski definition) is 0. The average Bonchev–Trinajstić information content (AvgIpc) is 2.98. The highest BCUT2D eigenvalue weighted by molar-refractivity contribution is 5.85. The Labute approximate surface area is 125 Å². The van der Waals surface area contributed by atoms with Crippen LogP contribution < -0.4 is 0 Å². The molecule has 2 heterocycles. The lowest BCUT2D eigenvalue weighted by Gasteiger charge is -2.25. The first-order valence-electron chi connectivity index (χ1n) is 7.78. The Morgan fingerprint density at radius 1 is 0.952 bits per heavy atom. The van der Waals surface area contributed by atoms with E-state index in [9.17, 15) is 4.79 Å². The topological polar surface area (TPSA) is 20.3 Å². The largest absolute Gasteiger partial charge is 0.335 e. The van der Waals surface area contributed by atoms with Crippen LogP contribution in [0.25, 0.3) is 0 Å². The molecule has 0 spiro atoms. The van der Waals surface area contributed by atoms with Gasteiger partial charge in [-0.2, -0.15) is 0 Å². The van der Waals surface area contributed by atoms with Crippen molar-refractivity contribution in [1.82, 2.24) is 4.90 Å². The van der Waals surface area contributed by atoms with Crippen molar-refractivity contribution < 1.29 is 4.79 Å². The van der Waals surface area contributed by atoms with Gasteiger partial charge in [-0.3, -0.25) is 4.79 Å². The molecule has 2 atom stereocenters. The van der Waals surface area contributed by atoms with E-state index in [2.05, 4.69) is 41.3 Å². The van der Waals surface area contributed by atoms with Gasteiger partial charge in [-0.25, -0.2) is 0 Å². The number of nitrogens with zero attached hydrogens (tertiary/aromatic N) is 1. The van der Waals surface area contributed by atoms with Crippen molar-refractivity contribution in [1.29, 1.82) is 0 Å². The summed E-state index contributed by atoms with van der Waals surface area (Å²) in [6.45, 7) is 0.904. The molecule has 0 N–H and O–H groups in total. The molecule has 0 radical (unpaired) electrons. The summed E-state index contributed by atoms with van der Waals surface area (Å²) in [6, 6.07) is 19.1. The molecule has 1 amide bonds. The number of carbonyl (C=O) groups excluding carboxylic acids is 1. The Bertz CT molecular complexity index is 664. The molecule has 0 unspecified atom stereocenters. The maximum atomic E-state index is 13.0. The summed E-state index contributed by atoms with van der Waals surface area (Å²) in [4.78, 5) is 15.1. The van der Waals surface area contributed by atoms with E-state index in [1.54, 1.807) is 0 Å². The van der Waals surface area contributed by atoms with Crippen LogP contribution in [0, 0.1) is 0 Å². The van der Waals surface area contributed by atoms with E-state index in [4.69, 9.17) is 0 Å². The third-order valence-corrected chi connectivity index (χ3v) is 4.87. The van der Waals surface area contributed by atoms with Crippen LogP contribution >= 0.6 is 0 Å². The van der Waals surface area contributed by atoms with E-state index in [1.165, 1.54) is 11.1 Å². The molecule has 0 bridgehead atoms. The SMILES string of the molecule is O=C1[C@H](c2ccccc2)Cc2ccccc2[C@H]2CCCN12. The molecule has 2 aliphatic heterocycles. The van der Waals surface area contributed by atoms with E-state index in [0.717, 1.165) is 31.4 Å². The predicted octanol–water partition coefficient (Wildman–Crippen LogP) is 3.69. The smallest absolute Gasteiger partial charge is 0.230 e. The summed E-state index contributed by atoms with van der Waals surface area (Å²) >= 11 is 0. The second-order valence-corrected chi connectivity index (χ2v) is 6.06. The van der Waals surface area contributed by atoms with Gasteiger partial charge in [-0.05, 0) is 36.0 Å². The van der Waals surface area contributed by atoms with Crippen LogP contribution in [0.1, 0.15) is 41.5 Å². The first-order chi connectivity index (χ1) is 10.3. The van der Waals surface area contributed by atoms with Gasteiger partial charge in [-0.15, -0.1) is 0 Å². The summed E-state index contributed by atoms with van der Waals surface area (Å²) in [5.41, 5.74) is 3.85. The third-order valence-electron chi connectivity index (χ3n) is 4.87. The monoisotopic (exact) mass is 277 g/mol. The fraction of sp³-hybridized carbons (Fsp3) is 0.316. The molecule has 0 aromatic heterocycles. The Kier molecular flexibility index (Phi) is 3.03. The standard InChI is InChI=1S/C19H19NO/c21-19-17(14-7-2-1-3-8-14)13-15-9-4-5-10-16(15)18-11-6-12-20(18)19/h1-5,7-10,17-18H,6,11-13H2/t17-,18+/m0/s1. The minimum Gasteiger partial charge on any atom is -0.335 e. The predicted molar refractivity (Wildman–Crippen MR) is 83.0 cm³/mol. The van der Waals surface area contributed by atoms with Crippen LogP contribution in [0.3, 0.4) is 0 Å². The zero-order chi connectivity index (χ0) is 14.2. The molecule has 2 aromatic rings. The van der Waals surface area contributed by atoms with Crippen molar-refractivity contribution in [3.63, 3.8) is 0 Å². The van der Waals surface area contributed by atoms with Gasteiger partial charge < -0.3 is 4.90 Å². The first-order valence-corrected chi connectivity index (χ1v) is 7.78. The minimum absolute atomic E-state index is 0.0320. The second kappa shape index (κ2) is 5.03. The van der Waals surface area contributed by atoms with Gasteiger partial charge in [0.2, 0.25) is 5.91 Å². The van der Waals surface area contributed by atoms with Crippen molar-refractivity contribution in [2.75, 3.05) is 6.54 Å². The zero-order valence-corrected chi connectivity index (χ0v) is 12.0. The summed E-state index contributed by atoms with van der Waals surface area (Å²) in [5, 5.41) is 0. The van der Waals surface area contributed by atoms with E-state index < -0.39 is 0 Å². The number of fused-ring (bicyclic) bond motifs is 3. The maximum Gasteiger partial charge on any atom is 0.230 e. The molecule has 0 aliphatic carbocycles. The normalized spacial score (nSPS) is 24.4. The Morgan fingerprint density at radius 2 is 1.71 bits per heavy atom. The lowest BCUT2D eigenvalue weighted by atomic mass is 9.89. The molecule has 2 aliphatic rings. The van der Waals surface area contributed by atoms with Gasteiger partial charge in [0.05, 0.1) is 12.0 Å². The molecule has 2 aromatic carbocycles. The maximum absolute atomic E-state index is 13.0. The highest BCUT2D eigenvalue weighted by atomic mass is 16.2. The molecule has 21 heavy (non-hydrogen) atoms. The molecular formula is C19H19NO. The molecule has 4 rings (SSSR count). The number of carbonyl (C=O) groups is 1. The molecule has 1 fully saturated rings.